The lowest BCUT2D eigenvalue weighted by Gasteiger charge is -2.29. The van der Waals surface area contributed by atoms with E-state index in [0.29, 0.717) is 19.8 Å². The van der Waals surface area contributed by atoms with Gasteiger partial charge in [-0.3, -0.25) is 0 Å². The second kappa shape index (κ2) is 24.1. The predicted octanol–water partition coefficient (Wildman–Crippen LogP) is 11.8. The van der Waals surface area contributed by atoms with Crippen molar-refractivity contribution in [2.45, 2.75) is 168 Å². The largest absolute Gasteiger partial charge is 0.500 e. The first-order valence-corrected chi connectivity index (χ1v) is 19.4. The number of aryl methyl sites for hydroxylation is 1. The summed E-state index contributed by atoms with van der Waals surface area (Å²) in [5.74, 6) is 0. The maximum Gasteiger partial charge on any atom is 0.500 e. The average Bonchev–Trinajstić information content (AvgIpc) is 2.93. The molecule has 0 heterocycles. The van der Waals surface area contributed by atoms with Crippen LogP contribution in [0.3, 0.4) is 0 Å². The molecule has 1 aromatic rings. The fourth-order valence-corrected chi connectivity index (χ4v) is 8.81. The van der Waals surface area contributed by atoms with Crippen molar-refractivity contribution in [1.82, 2.24) is 0 Å². The van der Waals surface area contributed by atoms with Crippen molar-refractivity contribution in [2.24, 2.45) is 0 Å². The molecular formula is C35H65ClO3Si. The molecule has 0 fully saturated rings. The van der Waals surface area contributed by atoms with Gasteiger partial charge in [0.15, 0.2) is 0 Å². The minimum Gasteiger partial charge on any atom is -0.374 e. The number of benzene rings is 1. The third kappa shape index (κ3) is 16.9. The molecule has 0 saturated carbocycles. The molecule has 0 radical (unpaired) electrons. The standard InChI is InChI=1S/C35H65ClO3Si/c1-6-10-11-12-13-14-15-16-17-18-19-20-21-22-23-26-31-35(5,36)34-30-25-24-28-33(34)29-27-32-40(37-7-2,38-8-3)39-9-4/h24-25,28,30H,6-23,26-27,29,31-32H2,1-5H3. The minimum atomic E-state index is -2.60. The van der Waals surface area contributed by atoms with E-state index in [0.717, 1.165) is 25.3 Å². The lowest BCUT2D eigenvalue weighted by atomic mass is 9.88. The van der Waals surface area contributed by atoms with Gasteiger partial charge < -0.3 is 13.3 Å². The van der Waals surface area contributed by atoms with Crippen LogP contribution in [0.5, 0.6) is 0 Å². The van der Waals surface area contributed by atoms with Crippen LogP contribution in [0.4, 0.5) is 0 Å². The minimum absolute atomic E-state index is 0.319. The van der Waals surface area contributed by atoms with Crippen LogP contribution < -0.4 is 0 Å². The molecule has 0 N–H and O–H groups in total. The number of halogens is 1. The van der Waals surface area contributed by atoms with Gasteiger partial charge in [0, 0.05) is 25.9 Å². The van der Waals surface area contributed by atoms with Crippen LogP contribution in [0.2, 0.25) is 6.04 Å². The lowest BCUT2D eigenvalue weighted by molar-refractivity contribution is 0.0708. The van der Waals surface area contributed by atoms with Crippen molar-refractivity contribution in [3.8, 4) is 0 Å². The van der Waals surface area contributed by atoms with Gasteiger partial charge in [-0.25, -0.2) is 0 Å². The third-order valence-electron chi connectivity index (χ3n) is 8.10. The van der Waals surface area contributed by atoms with E-state index in [-0.39, 0.29) is 4.87 Å². The van der Waals surface area contributed by atoms with Gasteiger partial charge in [0.05, 0.1) is 4.87 Å². The quantitative estimate of drug-likeness (QED) is 0.0547. The van der Waals surface area contributed by atoms with Crippen molar-refractivity contribution >= 4 is 20.4 Å². The van der Waals surface area contributed by atoms with Crippen molar-refractivity contribution in [3.63, 3.8) is 0 Å². The molecule has 1 atom stereocenters. The van der Waals surface area contributed by atoms with E-state index >= 15 is 0 Å². The molecular weight excluding hydrogens is 532 g/mol. The molecule has 0 bridgehead atoms. The molecule has 3 nitrogen and oxygen atoms in total. The zero-order valence-corrected chi connectivity index (χ0v) is 28.9. The molecule has 5 heteroatoms. The number of hydrogen-bond acceptors (Lipinski definition) is 3. The van der Waals surface area contributed by atoms with Crippen LogP contribution in [0, 0.1) is 0 Å². The van der Waals surface area contributed by atoms with Gasteiger partial charge >= 0.3 is 8.80 Å². The SMILES string of the molecule is CCCCCCCCCCCCCCCCCCC(C)(Cl)c1ccccc1CCC[Si](OCC)(OCC)OCC. The third-order valence-corrected chi connectivity index (χ3v) is 11.6. The molecule has 0 amide bonds. The lowest BCUT2D eigenvalue weighted by Crippen LogP contribution is -2.46. The summed E-state index contributed by atoms with van der Waals surface area (Å²) in [6.07, 6.45) is 25.3. The normalized spacial score (nSPS) is 13.6. The summed E-state index contributed by atoms with van der Waals surface area (Å²) >= 11 is 7.18. The second-order valence-electron chi connectivity index (χ2n) is 11.7. The predicted molar refractivity (Wildman–Crippen MR) is 178 cm³/mol. The summed E-state index contributed by atoms with van der Waals surface area (Å²) < 4.78 is 18.2. The molecule has 1 unspecified atom stereocenters. The summed E-state index contributed by atoms with van der Waals surface area (Å²) in [5, 5.41) is 0. The fourth-order valence-electron chi connectivity index (χ4n) is 5.88. The fraction of sp³-hybridized carbons (Fsp3) is 0.829. The van der Waals surface area contributed by atoms with Crippen LogP contribution in [0.1, 0.15) is 161 Å². The van der Waals surface area contributed by atoms with Crippen LogP contribution in [0.25, 0.3) is 0 Å². The van der Waals surface area contributed by atoms with E-state index in [1.165, 1.54) is 114 Å². The smallest absolute Gasteiger partial charge is 0.374 e. The molecule has 234 valence electrons. The summed E-state index contributed by atoms with van der Waals surface area (Å²) in [6, 6.07) is 9.59. The van der Waals surface area contributed by atoms with Gasteiger partial charge in [0.2, 0.25) is 0 Å². The van der Waals surface area contributed by atoms with E-state index in [1.807, 2.05) is 20.8 Å². The van der Waals surface area contributed by atoms with Crippen molar-refractivity contribution in [2.75, 3.05) is 19.8 Å². The molecule has 0 aromatic heterocycles. The van der Waals surface area contributed by atoms with Crippen molar-refractivity contribution in [3.05, 3.63) is 35.4 Å². The van der Waals surface area contributed by atoms with Gasteiger partial charge in [-0.15, -0.1) is 11.6 Å². The Labute approximate surface area is 255 Å². The maximum absolute atomic E-state index is 7.18. The van der Waals surface area contributed by atoms with E-state index in [9.17, 15) is 0 Å². The highest BCUT2D eigenvalue weighted by molar-refractivity contribution is 6.60. The number of hydrogen-bond donors (Lipinski definition) is 0. The number of alkyl halides is 1. The Morgan fingerprint density at radius 3 is 1.48 bits per heavy atom. The van der Waals surface area contributed by atoms with Gasteiger partial charge in [-0.1, -0.05) is 134 Å². The second-order valence-corrected chi connectivity index (χ2v) is 15.3. The van der Waals surface area contributed by atoms with Crippen LogP contribution in [-0.4, -0.2) is 28.6 Å². The Balaban J connectivity index is 2.28. The topological polar surface area (TPSA) is 27.7 Å². The zero-order chi connectivity index (χ0) is 29.4. The monoisotopic (exact) mass is 596 g/mol. The first kappa shape index (κ1) is 37.6. The first-order valence-electron chi connectivity index (χ1n) is 17.1. The zero-order valence-electron chi connectivity index (χ0n) is 27.2. The molecule has 0 saturated heterocycles. The van der Waals surface area contributed by atoms with Gasteiger partial charge in [0.1, 0.15) is 0 Å². The summed E-state index contributed by atoms with van der Waals surface area (Å²) in [7, 11) is -2.60. The first-order chi connectivity index (χ1) is 19.4. The van der Waals surface area contributed by atoms with Gasteiger partial charge in [-0.05, 0) is 58.1 Å². The Hall–Kier alpha value is -0.393. The highest BCUT2D eigenvalue weighted by atomic mass is 35.5. The number of rotatable bonds is 28. The summed E-state index contributed by atoms with van der Waals surface area (Å²) in [4.78, 5) is -0.319. The highest BCUT2D eigenvalue weighted by Gasteiger charge is 2.39. The van der Waals surface area contributed by atoms with Gasteiger partial charge in [-0.2, -0.15) is 0 Å². The van der Waals surface area contributed by atoms with Crippen molar-refractivity contribution in [1.29, 1.82) is 0 Å². The van der Waals surface area contributed by atoms with E-state index in [2.05, 4.69) is 38.1 Å². The average molecular weight is 597 g/mol. The summed E-state index contributed by atoms with van der Waals surface area (Å²) in [6.45, 7) is 12.4. The van der Waals surface area contributed by atoms with Gasteiger partial charge in [0.25, 0.3) is 0 Å². The Kier molecular flexibility index (Phi) is 22.7. The van der Waals surface area contributed by atoms with E-state index in [1.54, 1.807) is 0 Å². The molecule has 1 rings (SSSR count). The maximum atomic E-state index is 7.18. The Morgan fingerprint density at radius 1 is 0.600 bits per heavy atom. The van der Waals surface area contributed by atoms with Crippen molar-refractivity contribution < 1.29 is 13.3 Å². The Morgan fingerprint density at radius 2 is 1.02 bits per heavy atom. The Bertz CT molecular complexity index is 695. The van der Waals surface area contributed by atoms with E-state index < -0.39 is 8.80 Å². The van der Waals surface area contributed by atoms with Crippen LogP contribution in [0.15, 0.2) is 24.3 Å². The molecule has 0 aliphatic rings. The van der Waals surface area contributed by atoms with E-state index in [4.69, 9.17) is 24.9 Å². The molecule has 0 spiro atoms. The highest BCUT2D eigenvalue weighted by Crippen LogP contribution is 2.37. The molecule has 0 aliphatic heterocycles. The van der Waals surface area contributed by atoms with Crippen LogP contribution >= 0.6 is 11.6 Å². The summed E-state index contributed by atoms with van der Waals surface area (Å²) in [5.41, 5.74) is 2.64. The number of unbranched alkanes of at least 4 members (excludes halogenated alkanes) is 15. The molecule has 1 aromatic carbocycles. The van der Waals surface area contributed by atoms with Crippen LogP contribution in [-0.2, 0) is 24.6 Å². The molecule has 0 aliphatic carbocycles. The molecule has 40 heavy (non-hydrogen) atoms.